The van der Waals surface area contributed by atoms with Crippen LogP contribution >= 0.6 is 0 Å². The monoisotopic (exact) mass is 384 g/mol. The van der Waals surface area contributed by atoms with Crippen molar-refractivity contribution in [2.24, 2.45) is 0 Å². The van der Waals surface area contributed by atoms with Gasteiger partial charge in [0.25, 0.3) is 11.8 Å². The summed E-state index contributed by atoms with van der Waals surface area (Å²) in [6.45, 7) is 3.72. The minimum Gasteiger partial charge on any atom is -0.484 e. The molecular weight excluding hydrogens is 360 g/mol. The van der Waals surface area contributed by atoms with E-state index < -0.39 is 17.8 Å². The molecule has 0 unspecified atom stereocenters. The molecular formula is C20H24N4O4. The van der Waals surface area contributed by atoms with E-state index in [2.05, 4.69) is 21.5 Å². The van der Waals surface area contributed by atoms with Crippen LogP contribution in [-0.2, 0) is 16.1 Å². The van der Waals surface area contributed by atoms with E-state index in [0.717, 1.165) is 16.7 Å². The zero-order valence-corrected chi connectivity index (χ0v) is 15.9. The van der Waals surface area contributed by atoms with Crippen LogP contribution in [0.25, 0.3) is 0 Å². The summed E-state index contributed by atoms with van der Waals surface area (Å²) >= 11 is 0. The zero-order chi connectivity index (χ0) is 20.4. The van der Waals surface area contributed by atoms with Crippen LogP contribution in [0.5, 0.6) is 5.75 Å². The SMILES string of the molecule is Cc1ccc(CNC(=O)NCC(=O)NNC(=O)COc2cccc(C)c2)cc1. The fraction of sp³-hybridized carbons (Fsp3) is 0.250. The number of urea groups is 1. The maximum atomic E-state index is 11.7. The Hall–Kier alpha value is -3.55. The van der Waals surface area contributed by atoms with Crippen molar-refractivity contribution in [1.82, 2.24) is 21.5 Å². The molecule has 0 fully saturated rings. The van der Waals surface area contributed by atoms with Gasteiger partial charge in [0.15, 0.2) is 6.61 Å². The smallest absolute Gasteiger partial charge is 0.315 e. The predicted molar refractivity (Wildman–Crippen MR) is 104 cm³/mol. The van der Waals surface area contributed by atoms with Gasteiger partial charge < -0.3 is 15.4 Å². The Balaban J connectivity index is 1.59. The second-order valence-corrected chi connectivity index (χ2v) is 6.22. The van der Waals surface area contributed by atoms with Crippen LogP contribution in [-0.4, -0.2) is 31.0 Å². The van der Waals surface area contributed by atoms with Crippen molar-refractivity contribution >= 4 is 17.8 Å². The number of aryl methyl sites for hydroxylation is 2. The fourth-order valence-corrected chi connectivity index (χ4v) is 2.19. The summed E-state index contributed by atoms with van der Waals surface area (Å²) in [5.74, 6) is -0.513. The number of benzene rings is 2. The van der Waals surface area contributed by atoms with Gasteiger partial charge in [-0.05, 0) is 37.1 Å². The third-order valence-electron chi connectivity index (χ3n) is 3.68. The van der Waals surface area contributed by atoms with E-state index in [9.17, 15) is 14.4 Å². The standard InChI is InChI=1S/C20H24N4O4/c1-14-6-8-16(9-7-14)11-21-20(27)22-12-18(25)23-24-19(26)13-28-17-5-3-4-15(2)10-17/h3-10H,11-13H2,1-2H3,(H,23,25)(H,24,26)(H2,21,22,27). The minimum atomic E-state index is -0.561. The number of rotatable bonds is 7. The molecule has 0 atom stereocenters. The minimum absolute atomic E-state index is 0.242. The highest BCUT2D eigenvalue weighted by Crippen LogP contribution is 2.11. The first-order valence-corrected chi connectivity index (χ1v) is 8.77. The van der Waals surface area contributed by atoms with Crippen LogP contribution in [0.4, 0.5) is 4.79 Å². The molecule has 0 bridgehead atoms. The normalized spacial score (nSPS) is 9.93. The van der Waals surface area contributed by atoms with Gasteiger partial charge in [-0.25, -0.2) is 4.79 Å². The molecule has 0 heterocycles. The van der Waals surface area contributed by atoms with Crippen LogP contribution in [0.3, 0.4) is 0 Å². The van der Waals surface area contributed by atoms with E-state index in [4.69, 9.17) is 4.74 Å². The highest BCUT2D eigenvalue weighted by atomic mass is 16.5. The Kier molecular flexibility index (Phi) is 7.83. The third-order valence-corrected chi connectivity index (χ3v) is 3.68. The molecule has 2 aromatic rings. The van der Waals surface area contributed by atoms with Gasteiger partial charge in [0, 0.05) is 6.54 Å². The lowest BCUT2D eigenvalue weighted by molar-refractivity contribution is -0.129. The van der Waals surface area contributed by atoms with Crippen molar-refractivity contribution in [1.29, 1.82) is 0 Å². The van der Waals surface area contributed by atoms with E-state index in [0.29, 0.717) is 12.3 Å². The van der Waals surface area contributed by atoms with Crippen LogP contribution in [0.2, 0.25) is 0 Å². The van der Waals surface area contributed by atoms with E-state index in [1.807, 2.05) is 50.2 Å². The number of hydrogen-bond acceptors (Lipinski definition) is 4. The summed E-state index contributed by atoms with van der Waals surface area (Å²) in [7, 11) is 0. The average molecular weight is 384 g/mol. The Morgan fingerprint density at radius 3 is 2.29 bits per heavy atom. The Morgan fingerprint density at radius 2 is 1.57 bits per heavy atom. The first kappa shape index (κ1) is 20.8. The van der Waals surface area contributed by atoms with E-state index in [-0.39, 0.29) is 13.2 Å². The van der Waals surface area contributed by atoms with Crippen molar-refractivity contribution in [3.05, 3.63) is 65.2 Å². The van der Waals surface area contributed by atoms with E-state index >= 15 is 0 Å². The number of ether oxygens (including phenoxy) is 1. The largest absolute Gasteiger partial charge is 0.484 e. The molecule has 0 aromatic heterocycles. The molecule has 0 spiro atoms. The Morgan fingerprint density at radius 1 is 0.857 bits per heavy atom. The molecule has 0 radical (unpaired) electrons. The van der Waals surface area contributed by atoms with Crippen molar-refractivity contribution < 1.29 is 19.1 Å². The molecule has 2 aromatic carbocycles. The van der Waals surface area contributed by atoms with Crippen LogP contribution < -0.4 is 26.2 Å². The molecule has 8 nitrogen and oxygen atoms in total. The summed E-state index contributed by atoms with van der Waals surface area (Å²) in [5.41, 5.74) is 7.52. The van der Waals surface area contributed by atoms with E-state index in [1.165, 1.54) is 0 Å². The van der Waals surface area contributed by atoms with Crippen molar-refractivity contribution in [2.75, 3.05) is 13.2 Å². The molecule has 4 amide bonds. The zero-order valence-electron chi connectivity index (χ0n) is 15.9. The predicted octanol–water partition coefficient (Wildman–Crippen LogP) is 1.33. The molecule has 0 aliphatic carbocycles. The van der Waals surface area contributed by atoms with Gasteiger partial charge in [-0.3, -0.25) is 20.4 Å². The molecule has 8 heteroatoms. The fourth-order valence-electron chi connectivity index (χ4n) is 2.19. The highest BCUT2D eigenvalue weighted by Gasteiger charge is 2.07. The highest BCUT2D eigenvalue weighted by molar-refractivity contribution is 5.86. The van der Waals surface area contributed by atoms with E-state index in [1.54, 1.807) is 12.1 Å². The number of hydrogen-bond donors (Lipinski definition) is 4. The summed E-state index contributed by atoms with van der Waals surface area (Å²) in [5, 5.41) is 5.05. The molecule has 28 heavy (non-hydrogen) atoms. The molecule has 148 valence electrons. The quantitative estimate of drug-likeness (QED) is 0.540. The lowest BCUT2D eigenvalue weighted by atomic mass is 10.1. The van der Waals surface area contributed by atoms with Crippen LogP contribution in [0, 0.1) is 13.8 Å². The van der Waals surface area contributed by atoms with Gasteiger partial charge in [0.1, 0.15) is 12.3 Å². The molecule has 2 rings (SSSR count). The van der Waals surface area contributed by atoms with Gasteiger partial charge >= 0.3 is 6.03 Å². The third kappa shape index (κ3) is 7.77. The number of carbonyl (C=O) groups excluding carboxylic acids is 3. The van der Waals surface area contributed by atoms with Crippen LogP contribution in [0.15, 0.2) is 48.5 Å². The number of hydrazine groups is 1. The molecule has 0 saturated carbocycles. The van der Waals surface area contributed by atoms with Gasteiger partial charge in [0.05, 0.1) is 0 Å². The van der Waals surface area contributed by atoms with Crippen molar-refractivity contribution in [3.8, 4) is 5.75 Å². The van der Waals surface area contributed by atoms with Crippen molar-refractivity contribution in [2.45, 2.75) is 20.4 Å². The maximum Gasteiger partial charge on any atom is 0.315 e. The maximum absolute atomic E-state index is 11.7. The molecule has 0 aliphatic heterocycles. The lowest BCUT2D eigenvalue weighted by Crippen LogP contribution is -2.49. The molecule has 4 N–H and O–H groups in total. The molecule has 0 aliphatic rings. The lowest BCUT2D eigenvalue weighted by Gasteiger charge is -2.10. The van der Waals surface area contributed by atoms with Gasteiger partial charge in [-0.1, -0.05) is 42.0 Å². The second-order valence-electron chi connectivity index (χ2n) is 6.22. The number of amides is 4. The summed E-state index contributed by atoms with van der Waals surface area (Å²) in [6.07, 6.45) is 0. The Bertz CT molecular complexity index is 821. The summed E-state index contributed by atoms with van der Waals surface area (Å²) in [4.78, 5) is 35.1. The molecule has 0 saturated heterocycles. The van der Waals surface area contributed by atoms with Gasteiger partial charge in [0.2, 0.25) is 0 Å². The van der Waals surface area contributed by atoms with Crippen molar-refractivity contribution in [3.63, 3.8) is 0 Å². The Labute approximate surface area is 163 Å². The topological polar surface area (TPSA) is 109 Å². The number of carbonyl (C=O) groups is 3. The first-order chi connectivity index (χ1) is 13.4. The summed E-state index contributed by atoms with van der Waals surface area (Å²) in [6, 6.07) is 14.5. The van der Waals surface area contributed by atoms with Gasteiger partial charge in [-0.2, -0.15) is 0 Å². The van der Waals surface area contributed by atoms with Crippen LogP contribution in [0.1, 0.15) is 16.7 Å². The first-order valence-electron chi connectivity index (χ1n) is 8.77. The second kappa shape index (κ2) is 10.6. The summed E-state index contributed by atoms with van der Waals surface area (Å²) < 4.78 is 5.32. The van der Waals surface area contributed by atoms with Gasteiger partial charge in [-0.15, -0.1) is 0 Å². The number of nitrogens with one attached hydrogen (secondary N) is 4. The average Bonchev–Trinajstić information content (AvgIpc) is 2.68.